The molecule has 3 N–H and O–H groups in total. The summed E-state index contributed by atoms with van der Waals surface area (Å²) in [6.45, 7) is 4.51. The summed E-state index contributed by atoms with van der Waals surface area (Å²) in [5.41, 5.74) is 8.87. The molecule has 3 nitrogen and oxygen atoms in total. The molecule has 0 aromatic carbocycles. The van der Waals surface area contributed by atoms with Crippen molar-refractivity contribution in [3.63, 3.8) is 0 Å². The number of nitrogens with one attached hydrogen (secondary N) is 1. The van der Waals surface area contributed by atoms with Gasteiger partial charge in [0.05, 0.1) is 0 Å². The van der Waals surface area contributed by atoms with Gasteiger partial charge in [0.15, 0.2) is 0 Å². The lowest BCUT2D eigenvalue weighted by Crippen LogP contribution is -2.03. The van der Waals surface area contributed by atoms with Gasteiger partial charge in [-0.1, -0.05) is 20.3 Å². The van der Waals surface area contributed by atoms with Gasteiger partial charge in [-0.05, 0) is 31.1 Å². The van der Waals surface area contributed by atoms with E-state index in [1.807, 2.05) is 0 Å². The minimum Gasteiger partial charge on any atom is -0.382 e. The number of nitrogens with two attached hydrogens (primary N) is 1. The number of rotatable bonds is 4. The van der Waals surface area contributed by atoms with E-state index in [-0.39, 0.29) is 0 Å². The maximum absolute atomic E-state index is 5.82. The molecular weight excluding hydrogens is 174 g/mol. The van der Waals surface area contributed by atoms with Crippen LogP contribution in [0.4, 0.5) is 5.82 Å². The van der Waals surface area contributed by atoms with Crippen molar-refractivity contribution in [2.75, 3.05) is 5.73 Å². The highest BCUT2D eigenvalue weighted by molar-refractivity contribution is 5.42. The Kier molecular flexibility index (Phi) is 2.25. The minimum atomic E-state index is 0.529. The van der Waals surface area contributed by atoms with E-state index in [4.69, 9.17) is 5.73 Å². The van der Waals surface area contributed by atoms with Crippen LogP contribution in [0.25, 0.3) is 0 Å². The van der Waals surface area contributed by atoms with Gasteiger partial charge in [-0.2, -0.15) is 5.10 Å². The van der Waals surface area contributed by atoms with Gasteiger partial charge < -0.3 is 5.73 Å². The monoisotopic (exact) mass is 193 g/mol. The second-order valence-electron chi connectivity index (χ2n) is 4.80. The van der Waals surface area contributed by atoms with E-state index >= 15 is 0 Å². The molecule has 1 aromatic heterocycles. The number of nitrogens with zero attached hydrogens (tertiary/aromatic N) is 1. The van der Waals surface area contributed by atoms with Crippen LogP contribution < -0.4 is 5.73 Å². The van der Waals surface area contributed by atoms with E-state index in [9.17, 15) is 0 Å². The lowest BCUT2D eigenvalue weighted by molar-refractivity contribution is 0.556. The van der Waals surface area contributed by atoms with Gasteiger partial charge in [0.1, 0.15) is 5.82 Å². The largest absolute Gasteiger partial charge is 0.382 e. The van der Waals surface area contributed by atoms with E-state index in [0.29, 0.717) is 11.2 Å². The third-order valence-corrected chi connectivity index (χ3v) is 3.19. The molecule has 0 saturated heterocycles. The summed E-state index contributed by atoms with van der Waals surface area (Å²) in [5, 5.41) is 7.18. The molecule has 14 heavy (non-hydrogen) atoms. The van der Waals surface area contributed by atoms with Gasteiger partial charge in [-0.15, -0.1) is 0 Å². The van der Waals surface area contributed by atoms with Crippen LogP contribution in [-0.4, -0.2) is 10.2 Å². The highest BCUT2D eigenvalue weighted by Gasteiger charge is 2.38. The Hall–Kier alpha value is -0.990. The van der Waals surface area contributed by atoms with Gasteiger partial charge in [-0.25, -0.2) is 0 Å². The Morgan fingerprint density at radius 1 is 1.50 bits per heavy atom. The smallest absolute Gasteiger partial charge is 0.148 e. The molecule has 1 aromatic rings. The van der Waals surface area contributed by atoms with Crippen molar-refractivity contribution in [1.82, 2.24) is 10.2 Å². The Bertz CT molecular complexity index is 323. The zero-order chi connectivity index (χ0) is 10.2. The van der Waals surface area contributed by atoms with Crippen LogP contribution in [0.5, 0.6) is 0 Å². The molecule has 2 rings (SSSR count). The summed E-state index contributed by atoms with van der Waals surface area (Å²) >= 11 is 0. The van der Waals surface area contributed by atoms with Crippen molar-refractivity contribution in [1.29, 1.82) is 0 Å². The topological polar surface area (TPSA) is 54.7 Å². The molecule has 1 heterocycles. The fraction of sp³-hybridized carbons (Fsp3) is 0.727. The summed E-state index contributed by atoms with van der Waals surface area (Å²) in [7, 11) is 0. The summed E-state index contributed by atoms with van der Waals surface area (Å²) in [6.07, 6.45) is 5.99. The van der Waals surface area contributed by atoms with Crippen molar-refractivity contribution in [3.8, 4) is 0 Å². The zero-order valence-electron chi connectivity index (χ0n) is 9.06. The van der Waals surface area contributed by atoms with Gasteiger partial charge in [-0.3, -0.25) is 5.10 Å². The first kappa shape index (κ1) is 9.56. The first-order valence-corrected chi connectivity index (χ1v) is 5.46. The minimum absolute atomic E-state index is 0.529. The molecule has 1 aliphatic carbocycles. The molecular formula is C11H19N3. The lowest BCUT2D eigenvalue weighted by atomic mass is 9.98. The van der Waals surface area contributed by atoms with Crippen LogP contribution >= 0.6 is 0 Å². The van der Waals surface area contributed by atoms with Crippen LogP contribution in [-0.2, 0) is 12.8 Å². The van der Waals surface area contributed by atoms with E-state index in [0.717, 1.165) is 19.3 Å². The van der Waals surface area contributed by atoms with Crippen molar-refractivity contribution in [3.05, 3.63) is 11.3 Å². The maximum atomic E-state index is 5.82. The predicted molar refractivity (Wildman–Crippen MR) is 58.0 cm³/mol. The molecule has 1 saturated carbocycles. The first-order chi connectivity index (χ1) is 6.64. The highest BCUT2D eigenvalue weighted by atomic mass is 15.2. The molecule has 0 spiro atoms. The fourth-order valence-electron chi connectivity index (χ4n) is 1.91. The Balaban J connectivity index is 2.15. The van der Waals surface area contributed by atoms with E-state index in [1.54, 1.807) is 0 Å². The molecule has 78 valence electrons. The Morgan fingerprint density at radius 3 is 2.79 bits per heavy atom. The number of nitrogen functional groups attached to an aromatic ring is 1. The average Bonchev–Trinajstić information content (AvgIpc) is 2.78. The first-order valence-electron chi connectivity index (χ1n) is 5.46. The van der Waals surface area contributed by atoms with Crippen molar-refractivity contribution < 1.29 is 0 Å². The van der Waals surface area contributed by atoms with E-state index < -0.39 is 0 Å². The van der Waals surface area contributed by atoms with Crippen molar-refractivity contribution in [2.45, 2.75) is 46.0 Å². The van der Waals surface area contributed by atoms with Crippen molar-refractivity contribution in [2.24, 2.45) is 5.41 Å². The molecule has 0 amide bonds. The second-order valence-corrected chi connectivity index (χ2v) is 4.80. The summed E-state index contributed by atoms with van der Waals surface area (Å²) in [5.74, 6) is 0.700. The predicted octanol–water partition coefficient (Wildman–Crippen LogP) is 2.29. The van der Waals surface area contributed by atoms with Gasteiger partial charge >= 0.3 is 0 Å². The van der Waals surface area contributed by atoms with Crippen LogP contribution in [0, 0.1) is 5.41 Å². The number of hydrogen-bond donors (Lipinski definition) is 2. The third kappa shape index (κ3) is 1.76. The Morgan fingerprint density at radius 2 is 2.21 bits per heavy atom. The fourth-order valence-corrected chi connectivity index (χ4v) is 1.91. The zero-order valence-corrected chi connectivity index (χ0v) is 9.06. The molecule has 1 aliphatic rings. The standard InChI is InChI=1S/C11H19N3/c1-3-4-8-9(13-14-10(8)12)7-11(2)5-6-11/h3-7H2,1-2H3,(H3,12,13,14). The molecule has 1 fully saturated rings. The quantitative estimate of drug-likeness (QED) is 0.770. The second kappa shape index (κ2) is 3.30. The SMILES string of the molecule is CCCc1c(N)n[nH]c1CC1(C)CC1. The van der Waals surface area contributed by atoms with Crippen LogP contribution in [0.1, 0.15) is 44.4 Å². The lowest BCUT2D eigenvalue weighted by Gasteiger charge is -2.07. The average molecular weight is 193 g/mol. The van der Waals surface area contributed by atoms with Crippen molar-refractivity contribution >= 4 is 5.82 Å². The highest BCUT2D eigenvalue weighted by Crippen LogP contribution is 2.48. The molecule has 0 bridgehead atoms. The molecule has 0 radical (unpaired) electrons. The molecule has 0 atom stereocenters. The molecule has 0 unspecified atom stereocenters. The molecule has 0 aliphatic heterocycles. The van der Waals surface area contributed by atoms with Gasteiger partial charge in [0.25, 0.3) is 0 Å². The summed E-state index contributed by atoms with van der Waals surface area (Å²) in [4.78, 5) is 0. The number of aromatic nitrogens is 2. The maximum Gasteiger partial charge on any atom is 0.148 e. The van der Waals surface area contributed by atoms with E-state index in [1.165, 1.54) is 24.1 Å². The number of aromatic amines is 1. The van der Waals surface area contributed by atoms with Gasteiger partial charge in [0.2, 0.25) is 0 Å². The summed E-state index contributed by atoms with van der Waals surface area (Å²) < 4.78 is 0. The van der Waals surface area contributed by atoms with Gasteiger partial charge in [0, 0.05) is 11.3 Å². The van der Waals surface area contributed by atoms with E-state index in [2.05, 4.69) is 24.0 Å². The molecule has 3 heteroatoms. The number of hydrogen-bond acceptors (Lipinski definition) is 2. The normalized spacial score (nSPS) is 18.4. The van der Waals surface area contributed by atoms with Crippen LogP contribution in [0.2, 0.25) is 0 Å². The van der Waals surface area contributed by atoms with Crippen LogP contribution in [0.3, 0.4) is 0 Å². The summed E-state index contributed by atoms with van der Waals surface area (Å²) in [6, 6.07) is 0. The Labute approximate surface area is 85.1 Å². The van der Waals surface area contributed by atoms with Crippen LogP contribution in [0.15, 0.2) is 0 Å². The number of H-pyrrole nitrogens is 1. The number of anilines is 1. The third-order valence-electron chi connectivity index (χ3n) is 3.19.